The van der Waals surface area contributed by atoms with Gasteiger partial charge >= 0.3 is 0 Å². The van der Waals surface area contributed by atoms with E-state index < -0.39 is 0 Å². The molecule has 1 N–H and O–H groups in total. The average Bonchev–Trinajstić information content (AvgIpc) is 2.56. The third-order valence-electron chi connectivity index (χ3n) is 3.08. The van der Waals surface area contributed by atoms with Crippen LogP contribution < -0.4 is 0 Å². The van der Waals surface area contributed by atoms with E-state index in [9.17, 15) is 0 Å². The van der Waals surface area contributed by atoms with E-state index >= 15 is 0 Å². The maximum atomic E-state index is 9.03. The van der Waals surface area contributed by atoms with Crippen molar-refractivity contribution in [2.75, 3.05) is 6.61 Å². The van der Waals surface area contributed by atoms with Gasteiger partial charge in [0.25, 0.3) is 0 Å². The second kappa shape index (κ2) is 1.74. The Labute approximate surface area is 61.2 Å². The highest BCUT2D eigenvalue weighted by atomic mass is 16.6. The Morgan fingerprint density at radius 2 is 2.10 bits per heavy atom. The van der Waals surface area contributed by atoms with E-state index in [2.05, 4.69) is 6.92 Å². The summed E-state index contributed by atoms with van der Waals surface area (Å²) in [5, 5.41) is 9.03. The van der Waals surface area contributed by atoms with Crippen LogP contribution in [0.3, 0.4) is 0 Å². The van der Waals surface area contributed by atoms with Crippen molar-refractivity contribution < 1.29 is 9.84 Å². The minimum atomic E-state index is -0.120. The van der Waals surface area contributed by atoms with Crippen LogP contribution in [-0.2, 0) is 4.74 Å². The highest BCUT2D eigenvalue weighted by Crippen LogP contribution is 2.56. The molecule has 0 spiro atoms. The molecule has 2 nitrogen and oxygen atoms in total. The first-order valence-electron chi connectivity index (χ1n) is 4.04. The molecule has 1 saturated heterocycles. The summed E-state index contributed by atoms with van der Waals surface area (Å²) in [7, 11) is 0. The number of epoxide rings is 1. The van der Waals surface area contributed by atoms with Crippen LogP contribution >= 0.6 is 0 Å². The normalized spacial score (nSPS) is 52.2. The van der Waals surface area contributed by atoms with E-state index in [1.54, 1.807) is 0 Å². The van der Waals surface area contributed by atoms with Crippen LogP contribution in [0.2, 0.25) is 0 Å². The van der Waals surface area contributed by atoms with Gasteiger partial charge in [0.15, 0.2) is 0 Å². The lowest BCUT2D eigenvalue weighted by atomic mass is 9.81. The molecular formula is C8H14O2. The lowest BCUT2D eigenvalue weighted by molar-refractivity contribution is 0.163. The van der Waals surface area contributed by atoms with Gasteiger partial charge in [-0.3, -0.25) is 0 Å². The smallest absolute Gasteiger partial charge is 0.121 e. The Hall–Kier alpha value is -0.0800. The number of fused-ring (bicyclic) bond motifs is 1. The predicted octanol–water partition coefficient (Wildman–Crippen LogP) is 1.08. The zero-order valence-electron chi connectivity index (χ0n) is 6.39. The van der Waals surface area contributed by atoms with E-state index in [0.29, 0.717) is 0 Å². The topological polar surface area (TPSA) is 32.8 Å². The van der Waals surface area contributed by atoms with Gasteiger partial charge in [-0.25, -0.2) is 0 Å². The van der Waals surface area contributed by atoms with Crippen molar-refractivity contribution in [1.82, 2.24) is 0 Å². The van der Waals surface area contributed by atoms with Crippen molar-refractivity contribution >= 4 is 0 Å². The molecule has 0 aromatic heterocycles. The minimum Gasteiger partial charge on any atom is -0.393 e. The van der Waals surface area contributed by atoms with E-state index in [1.165, 1.54) is 12.8 Å². The molecule has 1 saturated carbocycles. The molecule has 2 atom stereocenters. The molecule has 0 amide bonds. The molecule has 2 unspecified atom stereocenters. The summed E-state index contributed by atoms with van der Waals surface area (Å²) in [4.78, 5) is 0. The van der Waals surface area contributed by atoms with Crippen molar-refractivity contribution in [2.45, 2.75) is 43.8 Å². The van der Waals surface area contributed by atoms with Gasteiger partial charge in [-0.15, -0.1) is 0 Å². The number of aliphatic hydroxyl groups excluding tert-OH is 1. The molecule has 2 rings (SSSR count). The fourth-order valence-corrected chi connectivity index (χ4v) is 2.15. The second-order valence-corrected chi connectivity index (χ2v) is 3.69. The van der Waals surface area contributed by atoms with E-state index in [4.69, 9.17) is 9.84 Å². The molecule has 1 aliphatic heterocycles. The molecule has 1 aliphatic carbocycles. The zero-order chi connectivity index (χ0) is 7.24. The Balaban J connectivity index is 2.13. The molecular weight excluding hydrogens is 128 g/mol. The molecule has 2 fully saturated rings. The van der Waals surface area contributed by atoms with Crippen LogP contribution in [-0.4, -0.2) is 22.9 Å². The van der Waals surface area contributed by atoms with Gasteiger partial charge in [0.1, 0.15) is 5.60 Å². The Bertz CT molecular complexity index is 153. The molecule has 0 aromatic carbocycles. The highest BCUT2D eigenvalue weighted by Gasteiger charge is 2.66. The molecule has 0 bridgehead atoms. The van der Waals surface area contributed by atoms with Crippen molar-refractivity contribution in [2.24, 2.45) is 0 Å². The summed E-state index contributed by atoms with van der Waals surface area (Å²) in [5.74, 6) is 0. The van der Waals surface area contributed by atoms with Crippen LogP contribution in [0.4, 0.5) is 0 Å². The number of ether oxygens (including phenoxy) is 1. The SMILES string of the molecule is CC12CCCCC1(CO)O2. The third-order valence-corrected chi connectivity index (χ3v) is 3.08. The summed E-state index contributed by atoms with van der Waals surface area (Å²) in [6, 6.07) is 0. The van der Waals surface area contributed by atoms with E-state index in [-0.39, 0.29) is 17.8 Å². The summed E-state index contributed by atoms with van der Waals surface area (Å²) in [5.41, 5.74) is -0.0781. The quantitative estimate of drug-likeness (QED) is 0.556. The largest absolute Gasteiger partial charge is 0.393 e. The minimum absolute atomic E-state index is 0.0417. The van der Waals surface area contributed by atoms with E-state index in [0.717, 1.165) is 12.8 Å². The Morgan fingerprint density at radius 3 is 2.60 bits per heavy atom. The molecule has 2 heteroatoms. The maximum absolute atomic E-state index is 9.03. The van der Waals surface area contributed by atoms with Crippen LogP contribution in [0.1, 0.15) is 32.6 Å². The number of hydrogen-bond donors (Lipinski definition) is 1. The zero-order valence-corrected chi connectivity index (χ0v) is 6.39. The van der Waals surface area contributed by atoms with Crippen molar-refractivity contribution in [3.05, 3.63) is 0 Å². The first-order chi connectivity index (χ1) is 4.72. The Morgan fingerprint density at radius 1 is 1.40 bits per heavy atom. The molecule has 2 aliphatic rings. The number of hydrogen-bond acceptors (Lipinski definition) is 2. The Kier molecular flexibility index (Phi) is 1.15. The third kappa shape index (κ3) is 0.611. The number of aliphatic hydroxyl groups is 1. The van der Waals surface area contributed by atoms with Crippen molar-refractivity contribution in [3.63, 3.8) is 0 Å². The van der Waals surface area contributed by atoms with Crippen LogP contribution in [0.15, 0.2) is 0 Å². The maximum Gasteiger partial charge on any atom is 0.121 e. The predicted molar refractivity (Wildman–Crippen MR) is 37.8 cm³/mol. The van der Waals surface area contributed by atoms with Gasteiger partial charge in [0, 0.05) is 0 Å². The van der Waals surface area contributed by atoms with Gasteiger partial charge in [-0.05, 0) is 19.8 Å². The van der Waals surface area contributed by atoms with Gasteiger partial charge in [-0.1, -0.05) is 12.8 Å². The van der Waals surface area contributed by atoms with Gasteiger partial charge in [0.05, 0.1) is 12.2 Å². The van der Waals surface area contributed by atoms with Gasteiger partial charge in [-0.2, -0.15) is 0 Å². The molecule has 0 radical (unpaired) electrons. The monoisotopic (exact) mass is 142 g/mol. The van der Waals surface area contributed by atoms with Crippen molar-refractivity contribution in [1.29, 1.82) is 0 Å². The lowest BCUT2D eigenvalue weighted by Crippen LogP contribution is -2.30. The van der Waals surface area contributed by atoms with Crippen LogP contribution in [0.5, 0.6) is 0 Å². The first-order valence-corrected chi connectivity index (χ1v) is 4.04. The summed E-state index contributed by atoms with van der Waals surface area (Å²) >= 11 is 0. The molecule has 58 valence electrons. The standard InChI is InChI=1S/C8H14O2/c1-7-4-2-3-5-8(7,6-9)10-7/h9H,2-6H2,1H3. The second-order valence-electron chi connectivity index (χ2n) is 3.69. The number of rotatable bonds is 1. The van der Waals surface area contributed by atoms with Crippen molar-refractivity contribution in [3.8, 4) is 0 Å². The fourth-order valence-electron chi connectivity index (χ4n) is 2.15. The summed E-state index contributed by atoms with van der Waals surface area (Å²) in [6.45, 7) is 2.33. The van der Waals surface area contributed by atoms with Crippen LogP contribution in [0.25, 0.3) is 0 Å². The van der Waals surface area contributed by atoms with Gasteiger partial charge in [0.2, 0.25) is 0 Å². The lowest BCUT2D eigenvalue weighted by Gasteiger charge is -2.19. The fraction of sp³-hybridized carbons (Fsp3) is 1.00. The summed E-state index contributed by atoms with van der Waals surface area (Å²) < 4.78 is 5.55. The van der Waals surface area contributed by atoms with Crippen LogP contribution in [0, 0.1) is 0 Å². The molecule has 0 aromatic rings. The van der Waals surface area contributed by atoms with E-state index in [1.807, 2.05) is 0 Å². The molecule has 10 heavy (non-hydrogen) atoms. The highest BCUT2D eigenvalue weighted by molar-refractivity contribution is 5.14. The summed E-state index contributed by atoms with van der Waals surface area (Å²) in [6.07, 6.45) is 4.67. The average molecular weight is 142 g/mol. The molecule has 1 heterocycles. The van der Waals surface area contributed by atoms with Gasteiger partial charge < -0.3 is 9.84 Å². The first kappa shape index (κ1) is 6.62.